The van der Waals surface area contributed by atoms with Gasteiger partial charge in [0.25, 0.3) is 5.91 Å². The first-order valence-electron chi connectivity index (χ1n) is 6.96. The number of hydrogen-bond acceptors (Lipinski definition) is 4. The van der Waals surface area contributed by atoms with Crippen molar-refractivity contribution >= 4 is 5.91 Å². The van der Waals surface area contributed by atoms with Crippen molar-refractivity contribution in [2.45, 2.75) is 25.6 Å². The average molecular weight is 277 g/mol. The molecule has 5 heteroatoms. The van der Waals surface area contributed by atoms with Gasteiger partial charge in [0.15, 0.2) is 5.79 Å². The van der Waals surface area contributed by atoms with E-state index in [2.05, 4.69) is 0 Å². The van der Waals surface area contributed by atoms with E-state index < -0.39 is 5.79 Å². The van der Waals surface area contributed by atoms with E-state index >= 15 is 0 Å². The highest BCUT2D eigenvalue weighted by atomic mass is 16.7. The number of phenols is 1. The lowest BCUT2D eigenvalue weighted by Gasteiger charge is -2.37. The van der Waals surface area contributed by atoms with Crippen LogP contribution in [0.3, 0.4) is 0 Å². The predicted molar refractivity (Wildman–Crippen MR) is 72.6 cm³/mol. The largest absolute Gasteiger partial charge is 0.508 e. The lowest BCUT2D eigenvalue weighted by Crippen LogP contribution is -2.47. The van der Waals surface area contributed by atoms with Gasteiger partial charge in [-0.25, -0.2) is 0 Å². The maximum absolute atomic E-state index is 12.4. The fourth-order valence-electron chi connectivity index (χ4n) is 2.81. The maximum Gasteiger partial charge on any atom is 0.253 e. The zero-order chi connectivity index (χ0) is 14.2. The van der Waals surface area contributed by atoms with E-state index in [1.165, 1.54) is 0 Å². The molecular weight excluding hydrogens is 258 g/mol. The van der Waals surface area contributed by atoms with E-state index in [0.29, 0.717) is 37.4 Å². The zero-order valence-electron chi connectivity index (χ0n) is 11.6. The van der Waals surface area contributed by atoms with Crippen molar-refractivity contribution < 1.29 is 19.4 Å². The minimum absolute atomic E-state index is 0.000877. The summed E-state index contributed by atoms with van der Waals surface area (Å²) in [4.78, 5) is 14.3. The predicted octanol–water partition coefficient (Wildman–Crippen LogP) is 1.68. The molecule has 0 aliphatic carbocycles. The van der Waals surface area contributed by atoms with E-state index in [-0.39, 0.29) is 11.7 Å². The summed E-state index contributed by atoms with van der Waals surface area (Å²) < 4.78 is 11.3. The molecule has 1 amide bonds. The van der Waals surface area contributed by atoms with E-state index in [1.807, 2.05) is 4.90 Å². The van der Waals surface area contributed by atoms with Gasteiger partial charge in [-0.3, -0.25) is 4.79 Å². The number of amides is 1. The first kappa shape index (κ1) is 13.4. The van der Waals surface area contributed by atoms with Gasteiger partial charge in [-0.2, -0.15) is 0 Å². The molecule has 3 rings (SSSR count). The van der Waals surface area contributed by atoms with Crippen molar-refractivity contribution in [1.29, 1.82) is 0 Å². The topological polar surface area (TPSA) is 59.0 Å². The molecule has 108 valence electrons. The third-order valence-corrected chi connectivity index (χ3v) is 4.07. The van der Waals surface area contributed by atoms with Crippen molar-refractivity contribution in [1.82, 2.24) is 4.90 Å². The minimum Gasteiger partial charge on any atom is -0.508 e. The molecule has 0 unspecified atom stereocenters. The number of likely N-dealkylation sites (tertiary alicyclic amines) is 1. The van der Waals surface area contributed by atoms with Crippen LogP contribution < -0.4 is 0 Å². The second-order valence-corrected chi connectivity index (χ2v) is 5.40. The van der Waals surface area contributed by atoms with Crippen LogP contribution >= 0.6 is 0 Å². The summed E-state index contributed by atoms with van der Waals surface area (Å²) in [5, 5.41) is 9.52. The summed E-state index contributed by atoms with van der Waals surface area (Å²) in [6, 6.07) is 4.96. The molecule has 20 heavy (non-hydrogen) atoms. The molecular formula is C15H19NO4. The number of phenolic OH excluding ortho intramolecular Hbond substituents is 1. The molecule has 2 heterocycles. The van der Waals surface area contributed by atoms with E-state index in [1.54, 1.807) is 25.1 Å². The summed E-state index contributed by atoms with van der Waals surface area (Å²) in [6.07, 6.45) is 1.44. The van der Waals surface area contributed by atoms with Crippen molar-refractivity contribution in [3.8, 4) is 5.75 Å². The highest BCUT2D eigenvalue weighted by Crippen LogP contribution is 2.31. The van der Waals surface area contributed by atoms with Gasteiger partial charge in [0.1, 0.15) is 5.75 Å². The Labute approximate surface area is 118 Å². The second kappa shape index (κ2) is 5.07. The van der Waals surface area contributed by atoms with Gasteiger partial charge >= 0.3 is 0 Å². The first-order chi connectivity index (χ1) is 9.60. The number of ether oxygens (including phenoxy) is 2. The number of carbonyl (C=O) groups excluding carboxylic acids is 1. The molecule has 2 aliphatic heterocycles. The third-order valence-electron chi connectivity index (χ3n) is 4.07. The Kier molecular flexibility index (Phi) is 3.40. The van der Waals surface area contributed by atoms with Crippen molar-refractivity contribution in [2.24, 2.45) is 0 Å². The van der Waals surface area contributed by atoms with Crippen molar-refractivity contribution in [3.63, 3.8) is 0 Å². The lowest BCUT2D eigenvalue weighted by molar-refractivity contribution is -0.181. The van der Waals surface area contributed by atoms with E-state index in [4.69, 9.17) is 9.47 Å². The molecule has 1 aromatic carbocycles. The maximum atomic E-state index is 12.4. The Hall–Kier alpha value is -1.59. The Morgan fingerprint density at radius 1 is 1.25 bits per heavy atom. The molecule has 5 nitrogen and oxygen atoms in total. The number of nitrogens with zero attached hydrogens (tertiary/aromatic N) is 1. The van der Waals surface area contributed by atoms with Gasteiger partial charge < -0.3 is 19.5 Å². The average Bonchev–Trinajstić information content (AvgIpc) is 2.90. The third kappa shape index (κ3) is 2.39. The molecule has 0 radical (unpaired) electrons. The number of rotatable bonds is 1. The highest BCUT2D eigenvalue weighted by Gasteiger charge is 2.40. The molecule has 0 bridgehead atoms. The standard InChI is InChI=1S/C15H19NO4/c1-11-10-12(2-3-13(11)17)14(18)16-6-4-15(5-7-16)19-8-9-20-15/h2-3,10,17H,4-9H2,1H3. The number of aromatic hydroxyl groups is 1. The van der Waals surface area contributed by atoms with Crippen molar-refractivity contribution in [2.75, 3.05) is 26.3 Å². The summed E-state index contributed by atoms with van der Waals surface area (Å²) in [5.41, 5.74) is 1.33. The van der Waals surface area contributed by atoms with Gasteiger partial charge in [0.05, 0.1) is 13.2 Å². The Morgan fingerprint density at radius 3 is 2.50 bits per heavy atom. The first-order valence-corrected chi connectivity index (χ1v) is 6.96. The van der Waals surface area contributed by atoms with Crippen LogP contribution in [0.5, 0.6) is 5.75 Å². The summed E-state index contributed by atoms with van der Waals surface area (Å²) in [7, 11) is 0. The smallest absolute Gasteiger partial charge is 0.253 e. The van der Waals surface area contributed by atoms with Crippen LogP contribution in [0, 0.1) is 6.92 Å². The van der Waals surface area contributed by atoms with E-state index in [9.17, 15) is 9.90 Å². The fraction of sp³-hybridized carbons (Fsp3) is 0.533. The molecule has 0 saturated carbocycles. The fourth-order valence-corrected chi connectivity index (χ4v) is 2.81. The van der Waals surface area contributed by atoms with Crippen molar-refractivity contribution in [3.05, 3.63) is 29.3 Å². The Morgan fingerprint density at radius 2 is 1.90 bits per heavy atom. The number of benzene rings is 1. The molecule has 1 spiro atoms. The quantitative estimate of drug-likeness (QED) is 0.848. The van der Waals surface area contributed by atoms with Crippen LogP contribution in [0.15, 0.2) is 18.2 Å². The van der Waals surface area contributed by atoms with Crippen LogP contribution in [0.2, 0.25) is 0 Å². The molecule has 2 fully saturated rings. The van der Waals surface area contributed by atoms with Crippen LogP contribution in [0.1, 0.15) is 28.8 Å². The molecule has 1 aromatic rings. The summed E-state index contributed by atoms with van der Waals surface area (Å²) in [6.45, 7) is 4.35. The molecule has 2 aliphatic rings. The van der Waals surface area contributed by atoms with Gasteiger partial charge in [-0.05, 0) is 30.7 Å². The van der Waals surface area contributed by atoms with Gasteiger partial charge in [-0.15, -0.1) is 0 Å². The number of hydrogen-bond donors (Lipinski definition) is 1. The van der Waals surface area contributed by atoms with Crippen LogP contribution in [0.4, 0.5) is 0 Å². The van der Waals surface area contributed by atoms with E-state index in [0.717, 1.165) is 12.8 Å². The highest BCUT2D eigenvalue weighted by molar-refractivity contribution is 5.94. The van der Waals surface area contributed by atoms with Crippen LogP contribution in [0.25, 0.3) is 0 Å². The number of carbonyl (C=O) groups is 1. The molecule has 1 N–H and O–H groups in total. The summed E-state index contributed by atoms with van der Waals surface area (Å²) in [5.74, 6) is -0.241. The number of piperidine rings is 1. The van der Waals surface area contributed by atoms with Gasteiger partial charge in [-0.1, -0.05) is 0 Å². The zero-order valence-corrected chi connectivity index (χ0v) is 11.6. The molecule has 2 saturated heterocycles. The normalized spacial score (nSPS) is 21.4. The Balaban J connectivity index is 1.68. The van der Waals surface area contributed by atoms with Gasteiger partial charge in [0.2, 0.25) is 0 Å². The number of aryl methyl sites for hydroxylation is 1. The molecule has 0 atom stereocenters. The molecule has 0 aromatic heterocycles. The monoisotopic (exact) mass is 277 g/mol. The van der Waals surface area contributed by atoms with Gasteiger partial charge in [0, 0.05) is 31.5 Å². The minimum atomic E-state index is -0.457. The van der Waals surface area contributed by atoms with Crippen LogP contribution in [-0.4, -0.2) is 48.0 Å². The second-order valence-electron chi connectivity index (χ2n) is 5.40. The van der Waals surface area contributed by atoms with Crippen LogP contribution in [-0.2, 0) is 9.47 Å². The summed E-state index contributed by atoms with van der Waals surface area (Å²) >= 11 is 0. The lowest BCUT2D eigenvalue weighted by atomic mass is 10.0. The SMILES string of the molecule is Cc1cc(C(=O)N2CCC3(CC2)OCCO3)ccc1O. The Bertz CT molecular complexity index is 513.